The molecular formula is C26H40O4. The largest absolute Gasteiger partial charge is 0.466 e. The summed E-state index contributed by atoms with van der Waals surface area (Å²) in [6.45, 7) is 8.98. The van der Waals surface area contributed by atoms with Crippen LogP contribution < -0.4 is 0 Å². The number of ether oxygens (including phenoxy) is 1. The second-order valence-corrected chi connectivity index (χ2v) is 11.3. The van der Waals surface area contributed by atoms with Gasteiger partial charge in [-0.05, 0) is 98.4 Å². The predicted molar refractivity (Wildman–Crippen MR) is 117 cm³/mol. The van der Waals surface area contributed by atoms with Crippen LogP contribution in [0.4, 0.5) is 0 Å². The van der Waals surface area contributed by atoms with Crippen molar-refractivity contribution in [2.45, 2.75) is 97.5 Å². The summed E-state index contributed by atoms with van der Waals surface area (Å²) in [5.41, 5.74) is 0.961. The Bertz CT molecular complexity index is 741. The molecule has 0 aromatic rings. The van der Waals surface area contributed by atoms with E-state index in [1.165, 1.54) is 25.3 Å². The molecule has 0 bridgehead atoms. The van der Waals surface area contributed by atoms with Gasteiger partial charge in [0.25, 0.3) is 0 Å². The van der Waals surface area contributed by atoms with Gasteiger partial charge in [0.05, 0.1) is 12.2 Å². The van der Waals surface area contributed by atoms with Crippen LogP contribution in [0.25, 0.3) is 0 Å². The Morgan fingerprint density at radius 2 is 1.90 bits per heavy atom. The molecule has 3 fully saturated rings. The molecule has 2 unspecified atom stereocenters. The minimum absolute atomic E-state index is 0.0130. The van der Waals surface area contributed by atoms with Crippen molar-refractivity contribution < 1.29 is 19.4 Å². The van der Waals surface area contributed by atoms with Gasteiger partial charge in [0, 0.05) is 13.3 Å². The van der Waals surface area contributed by atoms with Gasteiger partial charge >= 0.3 is 5.97 Å². The molecule has 4 aliphatic rings. The number of hydrogen-bond acceptors (Lipinski definition) is 4. The van der Waals surface area contributed by atoms with Crippen molar-refractivity contribution >= 4 is 11.8 Å². The predicted octanol–water partition coefficient (Wildman–Crippen LogP) is 5.23. The second-order valence-electron chi connectivity index (χ2n) is 11.3. The molecule has 0 aromatic carbocycles. The van der Waals surface area contributed by atoms with E-state index >= 15 is 0 Å². The SMILES string of the molecule is CC(=O)OCCCCC1(O)CC[C@H]2[C@@H]3CCC4=CC(=O)CC(C)[C@]4(C)[C@@H]3CC[C@@]21C. The molecule has 4 heteroatoms. The van der Waals surface area contributed by atoms with E-state index in [-0.39, 0.29) is 16.8 Å². The summed E-state index contributed by atoms with van der Waals surface area (Å²) < 4.78 is 5.07. The van der Waals surface area contributed by atoms with Crippen LogP contribution >= 0.6 is 0 Å². The molecule has 7 atom stereocenters. The van der Waals surface area contributed by atoms with E-state index in [4.69, 9.17) is 4.74 Å². The van der Waals surface area contributed by atoms with E-state index in [0.717, 1.165) is 44.9 Å². The highest BCUT2D eigenvalue weighted by molar-refractivity contribution is 5.92. The van der Waals surface area contributed by atoms with Crippen LogP contribution in [0.15, 0.2) is 11.6 Å². The number of unbranched alkanes of at least 4 members (excludes halogenated alkanes) is 1. The molecule has 4 rings (SSSR count). The van der Waals surface area contributed by atoms with Gasteiger partial charge in [0.2, 0.25) is 0 Å². The number of allylic oxidation sites excluding steroid dienone is 1. The molecule has 1 N–H and O–H groups in total. The Kier molecular flexibility index (Phi) is 5.70. The van der Waals surface area contributed by atoms with E-state index in [2.05, 4.69) is 20.8 Å². The average Bonchev–Trinajstić information content (AvgIpc) is 2.94. The molecule has 0 aliphatic heterocycles. The van der Waals surface area contributed by atoms with Crippen LogP contribution in [0, 0.1) is 34.5 Å². The van der Waals surface area contributed by atoms with Gasteiger partial charge in [-0.1, -0.05) is 26.3 Å². The normalized spacial score (nSPS) is 45.2. The lowest BCUT2D eigenvalue weighted by Crippen LogP contribution is -2.56. The summed E-state index contributed by atoms with van der Waals surface area (Å²) in [6.07, 6.45) is 11.7. The first-order valence-electron chi connectivity index (χ1n) is 12.2. The molecule has 3 saturated carbocycles. The number of fused-ring (bicyclic) bond motifs is 5. The van der Waals surface area contributed by atoms with E-state index in [9.17, 15) is 14.7 Å². The van der Waals surface area contributed by atoms with Gasteiger partial charge in [-0.15, -0.1) is 0 Å². The maximum Gasteiger partial charge on any atom is 0.302 e. The number of carbonyl (C=O) groups is 2. The molecule has 168 valence electrons. The van der Waals surface area contributed by atoms with Crippen LogP contribution in [0.3, 0.4) is 0 Å². The van der Waals surface area contributed by atoms with Crippen molar-refractivity contribution in [2.75, 3.05) is 6.61 Å². The van der Waals surface area contributed by atoms with Gasteiger partial charge < -0.3 is 9.84 Å². The van der Waals surface area contributed by atoms with Crippen LogP contribution in [0.2, 0.25) is 0 Å². The molecule has 0 heterocycles. The molecule has 4 nitrogen and oxygen atoms in total. The fourth-order valence-corrected chi connectivity index (χ4v) is 8.20. The zero-order valence-corrected chi connectivity index (χ0v) is 19.3. The van der Waals surface area contributed by atoms with Crippen LogP contribution in [0.5, 0.6) is 0 Å². The smallest absolute Gasteiger partial charge is 0.302 e. The third kappa shape index (κ3) is 3.29. The Hall–Kier alpha value is -1.16. The van der Waals surface area contributed by atoms with E-state index in [0.29, 0.717) is 42.5 Å². The van der Waals surface area contributed by atoms with Gasteiger partial charge in [-0.3, -0.25) is 9.59 Å². The molecule has 4 aliphatic carbocycles. The minimum atomic E-state index is -0.593. The Balaban J connectivity index is 1.49. The highest BCUT2D eigenvalue weighted by Gasteiger charge is 2.64. The monoisotopic (exact) mass is 416 g/mol. The molecule has 0 radical (unpaired) electrons. The lowest BCUT2D eigenvalue weighted by Gasteiger charge is -2.60. The second kappa shape index (κ2) is 7.76. The molecule has 0 aromatic heterocycles. The summed E-state index contributed by atoms with van der Waals surface area (Å²) in [5.74, 6) is 2.40. The first kappa shape index (κ1) is 22.0. The number of rotatable bonds is 5. The molecule has 0 amide bonds. The van der Waals surface area contributed by atoms with Crippen molar-refractivity contribution in [2.24, 2.45) is 34.5 Å². The average molecular weight is 417 g/mol. The summed E-state index contributed by atoms with van der Waals surface area (Å²) in [4.78, 5) is 23.2. The molecule has 0 saturated heterocycles. The summed E-state index contributed by atoms with van der Waals surface area (Å²) in [5, 5.41) is 11.8. The number of aliphatic hydroxyl groups is 1. The fourth-order valence-electron chi connectivity index (χ4n) is 8.20. The zero-order chi connectivity index (χ0) is 21.7. The Morgan fingerprint density at radius 1 is 1.17 bits per heavy atom. The molecule has 0 spiro atoms. The summed E-state index contributed by atoms with van der Waals surface area (Å²) >= 11 is 0. The van der Waals surface area contributed by atoms with E-state index < -0.39 is 5.60 Å². The van der Waals surface area contributed by atoms with Crippen LogP contribution in [-0.4, -0.2) is 29.1 Å². The van der Waals surface area contributed by atoms with Crippen molar-refractivity contribution in [1.29, 1.82) is 0 Å². The maximum absolute atomic E-state index is 12.2. The van der Waals surface area contributed by atoms with Gasteiger partial charge in [0.15, 0.2) is 5.78 Å². The highest BCUT2D eigenvalue weighted by atomic mass is 16.5. The van der Waals surface area contributed by atoms with Gasteiger partial charge in [-0.25, -0.2) is 0 Å². The number of ketones is 1. The summed E-state index contributed by atoms with van der Waals surface area (Å²) in [6, 6.07) is 0. The minimum Gasteiger partial charge on any atom is -0.466 e. The standard InChI is InChI=1S/C26H40O4/c1-17-15-20(28)16-19-7-8-21-22-10-13-26(29,11-5-6-14-30-18(2)27)24(22,3)12-9-23(21)25(17,19)4/h16-17,21-23,29H,5-15H2,1-4H3/t17?,21-,22-,23+,24-,25-,26?/m0/s1. The van der Waals surface area contributed by atoms with Crippen molar-refractivity contribution in [3.8, 4) is 0 Å². The Morgan fingerprint density at radius 3 is 2.63 bits per heavy atom. The quantitative estimate of drug-likeness (QED) is 0.492. The first-order chi connectivity index (χ1) is 14.1. The third-order valence-electron chi connectivity index (χ3n) is 10.1. The topological polar surface area (TPSA) is 63.6 Å². The summed E-state index contributed by atoms with van der Waals surface area (Å²) in [7, 11) is 0. The molecular weight excluding hydrogens is 376 g/mol. The van der Waals surface area contributed by atoms with Crippen LogP contribution in [-0.2, 0) is 14.3 Å². The van der Waals surface area contributed by atoms with Gasteiger partial charge in [-0.2, -0.15) is 0 Å². The van der Waals surface area contributed by atoms with Crippen LogP contribution in [0.1, 0.15) is 91.9 Å². The lowest BCUT2D eigenvalue weighted by atomic mass is 9.44. The third-order valence-corrected chi connectivity index (χ3v) is 10.1. The van der Waals surface area contributed by atoms with E-state index in [1.54, 1.807) is 0 Å². The number of esters is 1. The van der Waals surface area contributed by atoms with Crippen molar-refractivity contribution in [3.05, 3.63) is 11.6 Å². The first-order valence-corrected chi connectivity index (χ1v) is 12.2. The number of hydrogen-bond donors (Lipinski definition) is 1. The lowest BCUT2D eigenvalue weighted by molar-refractivity contribution is -0.142. The Labute approximate surface area is 181 Å². The van der Waals surface area contributed by atoms with Crippen molar-refractivity contribution in [1.82, 2.24) is 0 Å². The number of carbonyl (C=O) groups excluding carboxylic acids is 2. The fraction of sp³-hybridized carbons (Fsp3) is 0.846. The molecule has 30 heavy (non-hydrogen) atoms. The maximum atomic E-state index is 12.2. The zero-order valence-electron chi connectivity index (χ0n) is 19.3. The van der Waals surface area contributed by atoms with E-state index in [1.807, 2.05) is 6.08 Å². The highest BCUT2D eigenvalue weighted by Crippen LogP contribution is 2.68. The van der Waals surface area contributed by atoms with Crippen molar-refractivity contribution in [3.63, 3.8) is 0 Å². The van der Waals surface area contributed by atoms with Gasteiger partial charge in [0.1, 0.15) is 0 Å².